The Morgan fingerprint density at radius 3 is 2.32 bits per heavy atom. The summed E-state index contributed by atoms with van der Waals surface area (Å²) in [4.78, 5) is 40.9. The Hall–Kier alpha value is -2.17. The number of carbonyl (C=O) groups excluding carboxylic acids is 3. The molecule has 1 aliphatic carbocycles. The number of nitrogens with zero attached hydrogens (tertiary/aromatic N) is 2. The van der Waals surface area contributed by atoms with Gasteiger partial charge in [-0.15, -0.1) is 0 Å². The highest BCUT2D eigenvalue weighted by Crippen LogP contribution is 2.42. The third kappa shape index (κ3) is 2.96. The summed E-state index contributed by atoms with van der Waals surface area (Å²) in [7, 11) is 1.69. The van der Waals surface area contributed by atoms with Crippen LogP contribution >= 0.6 is 0 Å². The van der Waals surface area contributed by atoms with Gasteiger partial charge in [0.25, 0.3) is 5.91 Å². The van der Waals surface area contributed by atoms with Crippen LogP contribution in [0.2, 0.25) is 0 Å². The zero-order chi connectivity index (χ0) is 18.2. The molecule has 0 bridgehead atoms. The van der Waals surface area contributed by atoms with E-state index < -0.39 is 5.54 Å². The highest BCUT2D eigenvalue weighted by molar-refractivity contribution is 6.11. The van der Waals surface area contributed by atoms with Gasteiger partial charge in [-0.05, 0) is 31.6 Å². The third-order valence-corrected chi connectivity index (χ3v) is 6.10. The average molecular weight is 342 g/mol. The lowest BCUT2D eigenvalue weighted by Crippen LogP contribution is -2.52. The lowest BCUT2D eigenvalue weighted by atomic mass is 9.72. The maximum atomic E-state index is 13.1. The highest BCUT2D eigenvalue weighted by Gasteiger charge is 2.56. The lowest BCUT2D eigenvalue weighted by Gasteiger charge is -2.40. The van der Waals surface area contributed by atoms with Gasteiger partial charge in [0, 0.05) is 12.6 Å². The number of likely N-dealkylation sites (N-methyl/N-ethyl adjacent to an activating group) is 1. The van der Waals surface area contributed by atoms with Crippen LogP contribution in [-0.4, -0.2) is 46.7 Å². The van der Waals surface area contributed by atoms with E-state index in [1.54, 1.807) is 36.2 Å². The smallest absolute Gasteiger partial charge is 0.313 e. The number of urea groups is 1. The molecule has 0 spiro atoms. The maximum absolute atomic E-state index is 13.1. The second-order valence-electron chi connectivity index (χ2n) is 7.63. The van der Waals surface area contributed by atoms with Gasteiger partial charge in [-0.2, -0.15) is 0 Å². The topological polar surface area (TPSA) is 57.7 Å². The molecule has 2 fully saturated rings. The second-order valence-corrected chi connectivity index (χ2v) is 7.63. The van der Waals surface area contributed by atoms with Crippen LogP contribution < -0.4 is 0 Å². The monoisotopic (exact) mass is 342 g/mol. The van der Waals surface area contributed by atoms with Crippen LogP contribution in [0.5, 0.6) is 0 Å². The standard InChI is InChI=1S/C20H26N2O3/c1-14-9-11-16(12-10-14)20(2)18(24)22(19(25)21(20)3)13-17(23)15-7-5-4-6-8-15/h4-8,14,16H,9-13H2,1-3H3/t14-,16-,20?. The molecule has 134 valence electrons. The molecular weight excluding hydrogens is 316 g/mol. The first-order valence-electron chi connectivity index (χ1n) is 9.03. The SMILES string of the molecule is CN1C(=O)N(CC(=O)c2ccccc2)C(=O)C1(C)[C@H]1CC[C@H](C)CC1. The first-order chi connectivity index (χ1) is 11.9. The van der Waals surface area contributed by atoms with Crippen LogP contribution in [0.15, 0.2) is 30.3 Å². The predicted octanol–water partition coefficient (Wildman–Crippen LogP) is 3.35. The molecule has 1 atom stereocenters. The van der Waals surface area contributed by atoms with E-state index in [0.29, 0.717) is 11.5 Å². The molecule has 0 N–H and O–H groups in total. The summed E-state index contributed by atoms with van der Waals surface area (Å²) in [6.07, 6.45) is 4.06. The Bertz CT molecular complexity index is 679. The number of amides is 3. The van der Waals surface area contributed by atoms with E-state index in [1.165, 1.54) is 0 Å². The quantitative estimate of drug-likeness (QED) is 0.623. The van der Waals surface area contributed by atoms with Crippen molar-refractivity contribution >= 4 is 17.7 Å². The first-order valence-corrected chi connectivity index (χ1v) is 9.03. The Morgan fingerprint density at radius 2 is 1.72 bits per heavy atom. The number of ketones is 1. The summed E-state index contributed by atoms with van der Waals surface area (Å²) in [5.41, 5.74) is -0.320. The molecular formula is C20H26N2O3. The highest BCUT2D eigenvalue weighted by atomic mass is 16.2. The third-order valence-electron chi connectivity index (χ3n) is 6.10. The van der Waals surface area contributed by atoms with Gasteiger partial charge in [-0.3, -0.25) is 14.5 Å². The summed E-state index contributed by atoms with van der Waals surface area (Å²) in [6.45, 7) is 3.90. The van der Waals surface area contributed by atoms with Crippen molar-refractivity contribution in [2.75, 3.05) is 13.6 Å². The number of carbonyl (C=O) groups is 3. The van der Waals surface area contributed by atoms with Gasteiger partial charge in [0.15, 0.2) is 5.78 Å². The molecule has 1 saturated heterocycles. The van der Waals surface area contributed by atoms with Gasteiger partial charge >= 0.3 is 6.03 Å². The Kier molecular flexibility index (Phi) is 4.67. The fourth-order valence-electron chi connectivity index (χ4n) is 4.15. The Labute approximate surface area is 149 Å². The van der Waals surface area contributed by atoms with E-state index in [1.807, 2.05) is 13.0 Å². The van der Waals surface area contributed by atoms with Crippen LogP contribution in [0.3, 0.4) is 0 Å². The fraction of sp³-hybridized carbons (Fsp3) is 0.550. The van der Waals surface area contributed by atoms with Crippen LogP contribution in [-0.2, 0) is 4.79 Å². The molecule has 1 saturated carbocycles. The van der Waals surface area contributed by atoms with Gasteiger partial charge in [-0.25, -0.2) is 4.79 Å². The molecule has 2 aliphatic rings. The molecule has 1 heterocycles. The second kappa shape index (κ2) is 6.62. The molecule has 0 aromatic heterocycles. The molecule has 25 heavy (non-hydrogen) atoms. The van der Waals surface area contributed by atoms with E-state index in [0.717, 1.165) is 30.6 Å². The molecule has 3 rings (SSSR count). The van der Waals surface area contributed by atoms with Crippen molar-refractivity contribution in [1.29, 1.82) is 0 Å². The average Bonchev–Trinajstić information content (AvgIpc) is 2.79. The number of rotatable bonds is 4. The number of imide groups is 1. The maximum Gasteiger partial charge on any atom is 0.327 e. The minimum atomic E-state index is -0.839. The molecule has 1 aromatic rings. The van der Waals surface area contributed by atoms with E-state index in [4.69, 9.17) is 0 Å². The zero-order valence-corrected chi connectivity index (χ0v) is 15.2. The molecule has 3 amide bonds. The summed E-state index contributed by atoms with van der Waals surface area (Å²) < 4.78 is 0. The van der Waals surface area contributed by atoms with Gasteiger partial charge in [0.2, 0.25) is 0 Å². The van der Waals surface area contributed by atoms with Crippen LogP contribution in [0.1, 0.15) is 49.9 Å². The summed E-state index contributed by atoms with van der Waals surface area (Å²) in [5, 5.41) is 0. The minimum absolute atomic E-state index is 0.155. The van der Waals surface area contributed by atoms with E-state index in [2.05, 4.69) is 6.92 Å². The molecule has 1 aliphatic heterocycles. The zero-order valence-electron chi connectivity index (χ0n) is 15.2. The normalized spacial score (nSPS) is 30.0. The minimum Gasteiger partial charge on any atom is -0.313 e. The van der Waals surface area contributed by atoms with Crippen molar-refractivity contribution in [3.8, 4) is 0 Å². The fourth-order valence-corrected chi connectivity index (χ4v) is 4.15. The number of benzene rings is 1. The van der Waals surface area contributed by atoms with Crippen molar-refractivity contribution in [2.45, 2.75) is 45.1 Å². The van der Waals surface area contributed by atoms with Gasteiger partial charge in [0.05, 0.1) is 6.54 Å². The molecule has 5 nitrogen and oxygen atoms in total. The van der Waals surface area contributed by atoms with Gasteiger partial charge in [-0.1, -0.05) is 50.1 Å². The van der Waals surface area contributed by atoms with E-state index in [-0.39, 0.29) is 30.2 Å². The van der Waals surface area contributed by atoms with E-state index in [9.17, 15) is 14.4 Å². The Morgan fingerprint density at radius 1 is 1.12 bits per heavy atom. The molecule has 1 unspecified atom stereocenters. The Balaban J connectivity index is 1.79. The van der Waals surface area contributed by atoms with Crippen LogP contribution in [0, 0.1) is 11.8 Å². The van der Waals surface area contributed by atoms with Crippen molar-refractivity contribution in [3.05, 3.63) is 35.9 Å². The van der Waals surface area contributed by atoms with E-state index >= 15 is 0 Å². The van der Waals surface area contributed by atoms with Gasteiger partial charge in [0.1, 0.15) is 5.54 Å². The van der Waals surface area contributed by atoms with Crippen molar-refractivity contribution in [3.63, 3.8) is 0 Å². The van der Waals surface area contributed by atoms with Crippen molar-refractivity contribution < 1.29 is 14.4 Å². The largest absolute Gasteiger partial charge is 0.327 e. The lowest BCUT2D eigenvalue weighted by molar-refractivity contribution is -0.135. The molecule has 1 aromatic carbocycles. The number of Topliss-reactive ketones (excluding diaryl/α,β-unsaturated/α-hetero) is 1. The summed E-state index contributed by atoms with van der Waals surface area (Å²) in [6, 6.07) is 8.44. The summed E-state index contributed by atoms with van der Waals surface area (Å²) >= 11 is 0. The molecule has 5 heteroatoms. The van der Waals surface area contributed by atoms with Crippen molar-refractivity contribution in [2.24, 2.45) is 11.8 Å². The summed E-state index contributed by atoms with van der Waals surface area (Å²) in [5.74, 6) is 0.385. The van der Waals surface area contributed by atoms with Crippen LogP contribution in [0.4, 0.5) is 4.79 Å². The van der Waals surface area contributed by atoms with Gasteiger partial charge < -0.3 is 4.90 Å². The first kappa shape index (κ1) is 17.6. The molecule has 0 radical (unpaired) electrons. The number of hydrogen-bond acceptors (Lipinski definition) is 3. The predicted molar refractivity (Wildman–Crippen MR) is 95.2 cm³/mol. The number of hydrogen-bond donors (Lipinski definition) is 0. The van der Waals surface area contributed by atoms with Crippen molar-refractivity contribution in [1.82, 2.24) is 9.80 Å². The van der Waals surface area contributed by atoms with Crippen LogP contribution in [0.25, 0.3) is 0 Å².